The lowest BCUT2D eigenvalue weighted by Gasteiger charge is -2.31. The Hall–Kier alpha value is -4.30. The number of nitriles is 1. The number of hydrogen-bond donors (Lipinski definition) is 2. The summed E-state index contributed by atoms with van der Waals surface area (Å²) in [6.45, 7) is 0. The zero-order valence-electron chi connectivity index (χ0n) is 19.7. The lowest BCUT2D eigenvalue weighted by molar-refractivity contribution is -0.150. The lowest BCUT2D eigenvalue weighted by atomic mass is 9.78. The van der Waals surface area contributed by atoms with Crippen molar-refractivity contribution < 1.29 is 33.4 Å². The number of thioether (sulfide) groups is 1. The Morgan fingerprint density at radius 2 is 1.69 bits per heavy atom. The summed E-state index contributed by atoms with van der Waals surface area (Å²) < 4.78 is 14.6. The smallest absolute Gasteiger partial charge is 0.337 e. The molecule has 1 aliphatic rings. The molecular formula is C25H23N3O7S. The van der Waals surface area contributed by atoms with Crippen LogP contribution >= 0.6 is 11.8 Å². The van der Waals surface area contributed by atoms with E-state index in [-0.39, 0.29) is 27.8 Å². The third-order valence-corrected chi connectivity index (χ3v) is 6.41. The van der Waals surface area contributed by atoms with Gasteiger partial charge in [0.1, 0.15) is 11.7 Å². The Morgan fingerprint density at radius 1 is 1.03 bits per heavy atom. The van der Waals surface area contributed by atoms with Gasteiger partial charge in [0.15, 0.2) is 0 Å². The van der Waals surface area contributed by atoms with E-state index in [2.05, 4.69) is 16.7 Å². The molecule has 2 aromatic carbocycles. The molecule has 0 aliphatic carbocycles. The number of hydrogen-bond acceptors (Lipinski definition) is 9. The number of ether oxygens (including phenoxy) is 3. The first kappa shape index (κ1) is 26.3. The van der Waals surface area contributed by atoms with Gasteiger partial charge in [-0.1, -0.05) is 23.9 Å². The first-order valence-electron chi connectivity index (χ1n) is 10.6. The molecular weight excluding hydrogens is 486 g/mol. The molecule has 0 aromatic heterocycles. The Morgan fingerprint density at radius 3 is 2.25 bits per heavy atom. The molecule has 3 rings (SSSR count). The molecule has 0 spiro atoms. The van der Waals surface area contributed by atoms with Crippen molar-refractivity contribution in [3.63, 3.8) is 0 Å². The standard InChI is InChI=1S/C25H23N3O7S/c1-33-17-10-8-16(9-11-17)27-19(29)13-36-23-18(12-26)20(21(22(30)28-23)25(32)35-3)14-4-6-15(7-5-14)24(31)34-2/h4-11,20-21H,13H2,1-3H3,(H,27,29)(H,28,30)/t20-,21+/m0/s1. The summed E-state index contributed by atoms with van der Waals surface area (Å²) in [4.78, 5) is 49.7. The van der Waals surface area contributed by atoms with Gasteiger partial charge < -0.3 is 24.8 Å². The molecule has 186 valence electrons. The van der Waals surface area contributed by atoms with Gasteiger partial charge in [-0.2, -0.15) is 5.26 Å². The number of rotatable bonds is 8. The minimum absolute atomic E-state index is 0.0954. The van der Waals surface area contributed by atoms with Crippen molar-refractivity contribution in [3.8, 4) is 11.8 Å². The van der Waals surface area contributed by atoms with Crippen molar-refractivity contribution in [2.75, 3.05) is 32.4 Å². The highest BCUT2D eigenvalue weighted by Crippen LogP contribution is 2.40. The minimum atomic E-state index is -1.33. The molecule has 1 heterocycles. The maximum Gasteiger partial charge on any atom is 0.337 e. The van der Waals surface area contributed by atoms with Crippen LogP contribution in [0.5, 0.6) is 5.75 Å². The molecule has 2 N–H and O–H groups in total. The Labute approximate surface area is 211 Å². The fourth-order valence-corrected chi connectivity index (χ4v) is 4.48. The molecule has 11 heteroatoms. The van der Waals surface area contributed by atoms with Crippen LogP contribution in [0.2, 0.25) is 0 Å². The average Bonchev–Trinajstić information content (AvgIpc) is 2.91. The molecule has 10 nitrogen and oxygen atoms in total. The normalized spacial score (nSPS) is 16.9. The molecule has 0 saturated heterocycles. The number of benzene rings is 2. The van der Waals surface area contributed by atoms with Gasteiger partial charge >= 0.3 is 11.9 Å². The number of methoxy groups -OCH3 is 3. The quantitative estimate of drug-likeness (QED) is 0.405. The lowest BCUT2D eigenvalue weighted by Crippen LogP contribution is -2.44. The highest BCUT2D eigenvalue weighted by Gasteiger charge is 2.44. The van der Waals surface area contributed by atoms with Gasteiger partial charge in [-0.15, -0.1) is 0 Å². The van der Waals surface area contributed by atoms with Crippen molar-refractivity contribution in [2.45, 2.75) is 5.92 Å². The number of nitrogens with zero attached hydrogens (tertiary/aromatic N) is 1. The second-order valence-electron chi connectivity index (χ2n) is 7.50. The fourth-order valence-electron chi connectivity index (χ4n) is 3.63. The average molecular weight is 510 g/mol. The molecule has 0 bridgehead atoms. The molecule has 2 atom stereocenters. The molecule has 0 radical (unpaired) electrons. The molecule has 2 aromatic rings. The predicted molar refractivity (Wildman–Crippen MR) is 131 cm³/mol. The van der Waals surface area contributed by atoms with E-state index in [9.17, 15) is 24.4 Å². The Kier molecular flexibility index (Phi) is 8.70. The van der Waals surface area contributed by atoms with E-state index >= 15 is 0 Å². The molecule has 0 unspecified atom stereocenters. The van der Waals surface area contributed by atoms with Crippen LogP contribution < -0.4 is 15.4 Å². The van der Waals surface area contributed by atoms with E-state index in [4.69, 9.17) is 14.2 Å². The summed E-state index contributed by atoms with van der Waals surface area (Å²) in [5.41, 5.74) is 1.37. The van der Waals surface area contributed by atoms with E-state index in [1.165, 1.54) is 26.4 Å². The predicted octanol–water partition coefficient (Wildman–Crippen LogP) is 2.59. The fraction of sp³-hybridized carbons (Fsp3) is 0.240. The van der Waals surface area contributed by atoms with Crippen molar-refractivity contribution in [2.24, 2.45) is 5.92 Å². The van der Waals surface area contributed by atoms with E-state index in [1.807, 2.05) is 0 Å². The number of allylic oxidation sites excluding steroid dienone is 1. The van der Waals surface area contributed by atoms with Crippen LogP contribution in [0.25, 0.3) is 0 Å². The number of esters is 2. The molecule has 0 fully saturated rings. The van der Waals surface area contributed by atoms with Crippen molar-refractivity contribution in [3.05, 3.63) is 70.3 Å². The van der Waals surface area contributed by atoms with Gasteiger partial charge in [0.2, 0.25) is 11.8 Å². The van der Waals surface area contributed by atoms with Crippen LogP contribution in [0.4, 0.5) is 5.69 Å². The van der Waals surface area contributed by atoms with E-state index < -0.39 is 29.7 Å². The molecule has 2 amide bonds. The number of carbonyl (C=O) groups is 4. The number of nitrogens with one attached hydrogen (secondary N) is 2. The van der Waals surface area contributed by atoms with Crippen LogP contribution in [0.1, 0.15) is 21.8 Å². The molecule has 36 heavy (non-hydrogen) atoms. The summed E-state index contributed by atoms with van der Waals surface area (Å²) in [6.07, 6.45) is 0. The zero-order chi connectivity index (χ0) is 26.2. The number of carbonyl (C=O) groups excluding carboxylic acids is 4. The van der Waals surface area contributed by atoms with Gasteiger partial charge in [0.25, 0.3) is 0 Å². The van der Waals surface area contributed by atoms with Crippen LogP contribution in [-0.4, -0.2) is 50.8 Å². The van der Waals surface area contributed by atoms with Crippen LogP contribution in [-0.2, 0) is 23.9 Å². The Bertz CT molecular complexity index is 1230. The first-order valence-corrected chi connectivity index (χ1v) is 11.6. The monoisotopic (exact) mass is 509 g/mol. The maximum absolute atomic E-state index is 12.9. The van der Waals surface area contributed by atoms with Crippen LogP contribution in [0.3, 0.4) is 0 Å². The summed E-state index contributed by atoms with van der Waals surface area (Å²) >= 11 is 0.962. The van der Waals surface area contributed by atoms with Gasteiger partial charge in [0, 0.05) is 11.6 Å². The molecule has 1 aliphatic heterocycles. The van der Waals surface area contributed by atoms with E-state index in [0.717, 1.165) is 18.9 Å². The first-order chi connectivity index (χ1) is 17.3. The van der Waals surface area contributed by atoms with E-state index in [1.54, 1.807) is 36.4 Å². The minimum Gasteiger partial charge on any atom is -0.497 e. The second-order valence-corrected chi connectivity index (χ2v) is 8.49. The highest BCUT2D eigenvalue weighted by atomic mass is 32.2. The van der Waals surface area contributed by atoms with Crippen molar-refractivity contribution in [1.29, 1.82) is 5.26 Å². The van der Waals surface area contributed by atoms with Crippen LogP contribution in [0, 0.1) is 17.2 Å². The van der Waals surface area contributed by atoms with E-state index in [0.29, 0.717) is 17.0 Å². The van der Waals surface area contributed by atoms with Gasteiger partial charge in [-0.25, -0.2) is 4.79 Å². The maximum atomic E-state index is 12.9. The van der Waals surface area contributed by atoms with Crippen molar-refractivity contribution in [1.82, 2.24) is 5.32 Å². The highest BCUT2D eigenvalue weighted by molar-refractivity contribution is 8.03. The van der Waals surface area contributed by atoms with Gasteiger partial charge in [-0.05, 0) is 42.0 Å². The SMILES string of the molecule is COC(=O)c1ccc([C@H]2C(C#N)=C(SCC(=O)Nc3ccc(OC)cc3)NC(=O)[C@@H]2C(=O)OC)cc1. The summed E-state index contributed by atoms with van der Waals surface area (Å²) in [7, 11) is 3.94. The van der Waals surface area contributed by atoms with Gasteiger partial charge in [0.05, 0.1) is 49.3 Å². The number of anilines is 1. The number of amides is 2. The topological polar surface area (TPSA) is 144 Å². The Balaban J connectivity index is 1.88. The summed E-state index contributed by atoms with van der Waals surface area (Å²) in [5, 5.41) is 15.4. The van der Waals surface area contributed by atoms with Crippen LogP contribution in [0.15, 0.2) is 59.1 Å². The zero-order valence-corrected chi connectivity index (χ0v) is 20.5. The third kappa shape index (κ3) is 5.84. The summed E-state index contributed by atoms with van der Waals surface area (Å²) in [6, 6.07) is 14.9. The third-order valence-electron chi connectivity index (χ3n) is 5.40. The van der Waals surface area contributed by atoms with Gasteiger partial charge in [-0.3, -0.25) is 14.4 Å². The van der Waals surface area contributed by atoms with Crippen molar-refractivity contribution >= 4 is 41.2 Å². The summed E-state index contributed by atoms with van der Waals surface area (Å²) in [5.74, 6) is -4.17. The molecule has 0 saturated carbocycles. The largest absolute Gasteiger partial charge is 0.497 e. The second kappa shape index (κ2) is 11.9.